The number of fused-ring (bicyclic) bond motifs is 1. The molecule has 8 nitrogen and oxygen atoms in total. The van der Waals surface area contributed by atoms with Crippen LogP contribution in [0.4, 0.5) is 0 Å². The zero-order valence-corrected chi connectivity index (χ0v) is 14.4. The highest BCUT2D eigenvalue weighted by Crippen LogP contribution is 2.15. The fourth-order valence-electron chi connectivity index (χ4n) is 3.49. The SMILES string of the molecule is CC(C)N1CCNC(=O)[C@@H]1CC(=O)NCc1nnc2n1CCCC2. The number of nitrogens with zero attached hydrogens (tertiary/aromatic N) is 4. The first-order chi connectivity index (χ1) is 11.6. The van der Waals surface area contributed by atoms with Crippen LogP contribution in [0.1, 0.15) is 44.8 Å². The molecule has 24 heavy (non-hydrogen) atoms. The zero-order valence-electron chi connectivity index (χ0n) is 14.4. The number of rotatable bonds is 5. The summed E-state index contributed by atoms with van der Waals surface area (Å²) in [6.07, 6.45) is 3.39. The van der Waals surface area contributed by atoms with Crippen LogP contribution in [-0.4, -0.2) is 56.7 Å². The van der Waals surface area contributed by atoms with Crippen molar-refractivity contribution < 1.29 is 9.59 Å². The molecule has 8 heteroatoms. The molecule has 0 unspecified atom stereocenters. The lowest BCUT2D eigenvalue weighted by molar-refractivity contribution is -0.134. The van der Waals surface area contributed by atoms with Crippen molar-refractivity contribution in [2.24, 2.45) is 0 Å². The van der Waals surface area contributed by atoms with Gasteiger partial charge in [0.05, 0.1) is 19.0 Å². The highest BCUT2D eigenvalue weighted by Gasteiger charge is 2.33. The minimum Gasteiger partial charge on any atom is -0.353 e. The third-order valence-corrected chi connectivity index (χ3v) is 4.79. The van der Waals surface area contributed by atoms with E-state index in [0.717, 1.165) is 44.0 Å². The van der Waals surface area contributed by atoms with Crippen molar-refractivity contribution in [3.63, 3.8) is 0 Å². The Balaban J connectivity index is 1.57. The monoisotopic (exact) mass is 334 g/mol. The molecule has 0 aromatic carbocycles. The van der Waals surface area contributed by atoms with E-state index in [4.69, 9.17) is 0 Å². The smallest absolute Gasteiger partial charge is 0.237 e. The van der Waals surface area contributed by atoms with Crippen LogP contribution in [0, 0.1) is 0 Å². The van der Waals surface area contributed by atoms with Crippen LogP contribution in [0.25, 0.3) is 0 Å². The van der Waals surface area contributed by atoms with E-state index in [1.807, 2.05) is 13.8 Å². The maximum Gasteiger partial charge on any atom is 0.237 e. The maximum absolute atomic E-state index is 12.3. The normalized spacial score (nSPS) is 21.5. The quantitative estimate of drug-likeness (QED) is 0.780. The van der Waals surface area contributed by atoms with Crippen molar-refractivity contribution in [1.82, 2.24) is 30.3 Å². The van der Waals surface area contributed by atoms with Gasteiger partial charge in [-0.05, 0) is 26.7 Å². The summed E-state index contributed by atoms with van der Waals surface area (Å²) in [6, 6.07) is -0.163. The molecule has 0 bridgehead atoms. The van der Waals surface area contributed by atoms with Gasteiger partial charge in [0.2, 0.25) is 11.8 Å². The average molecular weight is 334 g/mol. The van der Waals surface area contributed by atoms with Gasteiger partial charge in [0.25, 0.3) is 0 Å². The van der Waals surface area contributed by atoms with Crippen molar-refractivity contribution in [3.8, 4) is 0 Å². The summed E-state index contributed by atoms with van der Waals surface area (Å²) in [6.45, 7) is 6.79. The Morgan fingerprint density at radius 2 is 2.17 bits per heavy atom. The topological polar surface area (TPSA) is 92.2 Å². The Labute approximate surface area is 142 Å². The van der Waals surface area contributed by atoms with Gasteiger partial charge in [-0.25, -0.2) is 0 Å². The number of aromatic nitrogens is 3. The van der Waals surface area contributed by atoms with Gasteiger partial charge in [-0.2, -0.15) is 0 Å². The van der Waals surface area contributed by atoms with Crippen molar-refractivity contribution in [3.05, 3.63) is 11.6 Å². The lowest BCUT2D eigenvalue weighted by atomic mass is 10.1. The van der Waals surface area contributed by atoms with Crippen LogP contribution in [0.3, 0.4) is 0 Å². The number of hydrogen-bond acceptors (Lipinski definition) is 5. The van der Waals surface area contributed by atoms with Gasteiger partial charge >= 0.3 is 0 Å². The molecule has 2 aliphatic heterocycles. The largest absolute Gasteiger partial charge is 0.353 e. The van der Waals surface area contributed by atoms with E-state index in [2.05, 4.69) is 30.3 Å². The molecule has 0 spiro atoms. The van der Waals surface area contributed by atoms with Gasteiger partial charge in [-0.1, -0.05) is 0 Å². The minimum absolute atomic E-state index is 0.0649. The molecule has 1 atom stereocenters. The summed E-state index contributed by atoms with van der Waals surface area (Å²) >= 11 is 0. The lowest BCUT2D eigenvalue weighted by Gasteiger charge is -2.37. The Bertz CT molecular complexity index is 612. The highest BCUT2D eigenvalue weighted by molar-refractivity contribution is 5.88. The van der Waals surface area contributed by atoms with Gasteiger partial charge in [-0.15, -0.1) is 10.2 Å². The first-order valence-electron chi connectivity index (χ1n) is 8.77. The van der Waals surface area contributed by atoms with E-state index in [1.54, 1.807) is 0 Å². The Hall–Kier alpha value is -1.96. The first-order valence-corrected chi connectivity index (χ1v) is 8.77. The summed E-state index contributed by atoms with van der Waals surface area (Å²) in [5.74, 6) is 1.61. The first kappa shape index (κ1) is 16.9. The summed E-state index contributed by atoms with van der Waals surface area (Å²) in [5.41, 5.74) is 0. The molecule has 132 valence electrons. The maximum atomic E-state index is 12.3. The number of amides is 2. The molecule has 2 amide bonds. The summed E-state index contributed by atoms with van der Waals surface area (Å²) in [4.78, 5) is 26.5. The van der Waals surface area contributed by atoms with Gasteiger partial charge in [0.15, 0.2) is 5.82 Å². The molecule has 0 saturated carbocycles. The molecule has 3 rings (SSSR count). The molecular formula is C16H26N6O2. The standard InChI is InChI=1S/C16H26N6O2/c1-11(2)21-8-6-17-16(24)12(21)9-15(23)18-10-14-20-19-13-5-3-4-7-22(13)14/h11-12H,3-10H2,1-2H3,(H,17,24)(H,18,23)/t12-/m0/s1. The Morgan fingerprint density at radius 1 is 1.33 bits per heavy atom. The van der Waals surface area contributed by atoms with Crippen molar-refractivity contribution in [1.29, 1.82) is 0 Å². The second kappa shape index (κ2) is 7.29. The molecule has 1 aromatic rings. The van der Waals surface area contributed by atoms with Gasteiger partial charge in [0.1, 0.15) is 5.82 Å². The predicted octanol–water partition coefficient (Wildman–Crippen LogP) is -0.170. The Morgan fingerprint density at radius 3 is 2.96 bits per heavy atom. The number of hydrogen-bond donors (Lipinski definition) is 2. The number of piperazine rings is 1. The van der Waals surface area contributed by atoms with E-state index in [1.165, 1.54) is 0 Å². The third kappa shape index (κ3) is 3.58. The number of carbonyl (C=O) groups excluding carboxylic acids is 2. The summed E-state index contributed by atoms with van der Waals surface area (Å²) in [7, 11) is 0. The van der Waals surface area contributed by atoms with E-state index < -0.39 is 6.04 Å². The third-order valence-electron chi connectivity index (χ3n) is 4.79. The van der Waals surface area contributed by atoms with Crippen LogP contribution >= 0.6 is 0 Å². The fourth-order valence-corrected chi connectivity index (χ4v) is 3.49. The van der Waals surface area contributed by atoms with E-state index in [9.17, 15) is 9.59 Å². The van der Waals surface area contributed by atoms with Crippen LogP contribution in [0.15, 0.2) is 0 Å². The van der Waals surface area contributed by atoms with Gasteiger partial charge in [0, 0.05) is 32.1 Å². The molecule has 1 fully saturated rings. The van der Waals surface area contributed by atoms with Crippen molar-refractivity contribution >= 4 is 11.8 Å². The van der Waals surface area contributed by atoms with E-state index in [0.29, 0.717) is 13.1 Å². The molecule has 2 aliphatic rings. The molecule has 0 radical (unpaired) electrons. The summed E-state index contributed by atoms with van der Waals surface area (Å²) < 4.78 is 2.09. The molecule has 0 aliphatic carbocycles. The van der Waals surface area contributed by atoms with E-state index in [-0.39, 0.29) is 24.3 Å². The number of aryl methyl sites for hydroxylation is 1. The molecule has 1 aromatic heterocycles. The molecule has 2 N–H and O–H groups in total. The average Bonchev–Trinajstić information content (AvgIpc) is 2.98. The van der Waals surface area contributed by atoms with Gasteiger partial charge < -0.3 is 15.2 Å². The van der Waals surface area contributed by atoms with Crippen LogP contribution in [0.5, 0.6) is 0 Å². The zero-order chi connectivity index (χ0) is 17.1. The van der Waals surface area contributed by atoms with Crippen LogP contribution in [-0.2, 0) is 29.1 Å². The van der Waals surface area contributed by atoms with Gasteiger partial charge in [-0.3, -0.25) is 14.5 Å². The van der Waals surface area contributed by atoms with Crippen molar-refractivity contribution in [2.75, 3.05) is 13.1 Å². The van der Waals surface area contributed by atoms with Crippen LogP contribution < -0.4 is 10.6 Å². The summed E-state index contributed by atoms with van der Waals surface area (Å²) in [5, 5.41) is 14.1. The van der Waals surface area contributed by atoms with E-state index >= 15 is 0 Å². The second-order valence-electron chi connectivity index (χ2n) is 6.76. The number of carbonyl (C=O) groups is 2. The van der Waals surface area contributed by atoms with Crippen molar-refractivity contribution in [2.45, 2.75) is 64.7 Å². The molecule has 1 saturated heterocycles. The minimum atomic E-state index is -0.397. The van der Waals surface area contributed by atoms with Crippen LogP contribution in [0.2, 0.25) is 0 Å². The highest BCUT2D eigenvalue weighted by atomic mass is 16.2. The molecular weight excluding hydrogens is 308 g/mol. The Kier molecular flexibility index (Phi) is 5.13. The number of nitrogens with one attached hydrogen (secondary N) is 2. The predicted molar refractivity (Wildman–Crippen MR) is 88.1 cm³/mol. The second-order valence-corrected chi connectivity index (χ2v) is 6.76. The molecule has 3 heterocycles. The lowest BCUT2D eigenvalue weighted by Crippen LogP contribution is -2.58. The fraction of sp³-hybridized carbons (Fsp3) is 0.750.